The molecule has 0 fully saturated rings. The molecule has 1 aromatic rings. The van der Waals surface area contributed by atoms with E-state index in [1.165, 1.54) is 11.1 Å². The van der Waals surface area contributed by atoms with Crippen LogP contribution in [0.25, 0.3) is 0 Å². The quantitative estimate of drug-likeness (QED) is 0.780. The lowest BCUT2D eigenvalue weighted by atomic mass is 10.2. The molecule has 0 aliphatic carbocycles. The number of aromatic nitrogens is 2. The molecule has 19 heavy (non-hydrogen) atoms. The number of carboxylic acids is 1. The number of aromatic carboxylic acids is 1. The highest BCUT2D eigenvalue weighted by molar-refractivity contribution is 5.93. The summed E-state index contributed by atoms with van der Waals surface area (Å²) >= 11 is 0. The van der Waals surface area contributed by atoms with Crippen LogP contribution in [0, 0.1) is 0 Å². The molecule has 0 aliphatic heterocycles. The van der Waals surface area contributed by atoms with E-state index in [-0.39, 0.29) is 18.2 Å². The van der Waals surface area contributed by atoms with E-state index in [0.717, 1.165) is 0 Å². The molecule has 0 aromatic carbocycles. The monoisotopic (exact) mass is 266 g/mol. The first-order valence-corrected chi connectivity index (χ1v) is 6.00. The number of carboxylic acid groups (broad SMARTS) is 1. The van der Waals surface area contributed by atoms with Gasteiger partial charge in [0.05, 0.1) is 18.4 Å². The Bertz CT molecular complexity index is 488. The molecule has 0 aliphatic rings. The number of primary amides is 1. The van der Waals surface area contributed by atoms with Crippen molar-refractivity contribution >= 4 is 17.6 Å². The zero-order valence-electron chi connectivity index (χ0n) is 11.3. The van der Waals surface area contributed by atoms with Crippen molar-refractivity contribution in [1.82, 2.24) is 9.97 Å². The summed E-state index contributed by atoms with van der Waals surface area (Å²) in [7, 11) is 0. The number of nitrogens with two attached hydrogens (primary N) is 1. The van der Waals surface area contributed by atoms with Crippen LogP contribution in [0.2, 0.25) is 0 Å². The third-order valence-electron chi connectivity index (χ3n) is 2.58. The van der Waals surface area contributed by atoms with E-state index in [1.54, 1.807) is 6.92 Å². The van der Waals surface area contributed by atoms with Crippen LogP contribution >= 0.6 is 0 Å². The first kappa shape index (κ1) is 14.9. The van der Waals surface area contributed by atoms with Gasteiger partial charge in [-0.15, -0.1) is 0 Å². The topological polar surface area (TPSA) is 109 Å². The van der Waals surface area contributed by atoms with Crippen molar-refractivity contribution in [3.8, 4) is 0 Å². The lowest BCUT2D eigenvalue weighted by Gasteiger charge is -2.22. The largest absolute Gasteiger partial charge is 0.476 e. The summed E-state index contributed by atoms with van der Waals surface area (Å²) in [6.07, 6.45) is 1.43. The van der Waals surface area contributed by atoms with Gasteiger partial charge in [0.1, 0.15) is 5.82 Å². The predicted molar refractivity (Wildman–Crippen MR) is 70.2 cm³/mol. The first-order valence-electron chi connectivity index (χ1n) is 6.00. The molecule has 0 radical (unpaired) electrons. The van der Waals surface area contributed by atoms with E-state index in [9.17, 15) is 14.7 Å². The first-order chi connectivity index (χ1) is 8.86. The van der Waals surface area contributed by atoms with Crippen LogP contribution in [-0.2, 0) is 4.79 Å². The van der Waals surface area contributed by atoms with Crippen LogP contribution in [-0.4, -0.2) is 40.0 Å². The number of nitrogens with zero attached hydrogens (tertiary/aromatic N) is 3. The molecule has 7 heteroatoms. The fraction of sp³-hybridized carbons (Fsp3) is 0.500. The Morgan fingerprint density at radius 3 is 2.53 bits per heavy atom. The molecule has 104 valence electrons. The van der Waals surface area contributed by atoms with Gasteiger partial charge in [-0.05, 0) is 6.92 Å². The number of amides is 1. The molecule has 1 aromatic heterocycles. The van der Waals surface area contributed by atoms with Gasteiger partial charge in [-0.2, -0.15) is 0 Å². The molecular weight excluding hydrogens is 248 g/mol. The Kier molecular flexibility index (Phi) is 4.80. The van der Waals surface area contributed by atoms with Crippen molar-refractivity contribution in [3.05, 3.63) is 17.7 Å². The van der Waals surface area contributed by atoms with E-state index < -0.39 is 11.9 Å². The fourth-order valence-electron chi connectivity index (χ4n) is 1.61. The van der Waals surface area contributed by atoms with E-state index >= 15 is 0 Å². The number of carbonyl (C=O) groups excluding carboxylic acids is 1. The summed E-state index contributed by atoms with van der Waals surface area (Å²) in [6, 6.07) is 0. The van der Waals surface area contributed by atoms with Gasteiger partial charge in [-0.25, -0.2) is 14.8 Å². The van der Waals surface area contributed by atoms with Crippen LogP contribution in [0.4, 0.5) is 5.69 Å². The normalized spacial score (nSPS) is 10.5. The van der Waals surface area contributed by atoms with Gasteiger partial charge < -0.3 is 15.7 Å². The van der Waals surface area contributed by atoms with E-state index in [4.69, 9.17) is 5.73 Å². The Morgan fingerprint density at radius 2 is 2.11 bits per heavy atom. The maximum absolute atomic E-state index is 11.3. The lowest BCUT2D eigenvalue weighted by Crippen LogP contribution is -2.35. The predicted octanol–water partition coefficient (Wildman–Crippen LogP) is 0.610. The molecular formula is C12H18N4O3. The number of hydrogen-bond acceptors (Lipinski definition) is 5. The average molecular weight is 266 g/mol. The van der Waals surface area contributed by atoms with Crippen LogP contribution in [0.1, 0.15) is 43.0 Å². The maximum Gasteiger partial charge on any atom is 0.356 e. The second-order valence-corrected chi connectivity index (χ2v) is 4.40. The third kappa shape index (κ3) is 3.64. The van der Waals surface area contributed by atoms with Gasteiger partial charge in [0.2, 0.25) is 5.91 Å². The summed E-state index contributed by atoms with van der Waals surface area (Å²) in [4.78, 5) is 32.0. The van der Waals surface area contributed by atoms with Crippen molar-refractivity contribution in [2.45, 2.75) is 26.7 Å². The SMILES string of the molecule is CCN(CC(N)=O)c1cnc(C(C)C)nc1C(=O)O. The minimum absolute atomic E-state index is 0.0263. The van der Waals surface area contributed by atoms with Gasteiger partial charge >= 0.3 is 5.97 Å². The molecule has 0 saturated heterocycles. The molecule has 0 unspecified atom stereocenters. The minimum Gasteiger partial charge on any atom is -0.476 e. The van der Waals surface area contributed by atoms with Crippen molar-refractivity contribution < 1.29 is 14.7 Å². The number of carbonyl (C=O) groups is 2. The second-order valence-electron chi connectivity index (χ2n) is 4.40. The summed E-state index contributed by atoms with van der Waals surface area (Å²) < 4.78 is 0. The van der Waals surface area contributed by atoms with Crippen LogP contribution < -0.4 is 10.6 Å². The summed E-state index contributed by atoms with van der Waals surface area (Å²) in [6.45, 7) is 5.92. The Hall–Kier alpha value is -2.18. The average Bonchev–Trinajstić information content (AvgIpc) is 2.34. The number of anilines is 1. The smallest absolute Gasteiger partial charge is 0.356 e. The highest BCUT2D eigenvalue weighted by Gasteiger charge is 2.20. The van der Waals surface area contributed by atoms with Gasteiger partial charge in [-0.1, -0.05) is 13.8 Å². The Balaban J connectivity index is 3.25. The van der Waals surface area contributed by atoms with Gasteiger partial charge in [0.15, 0.2) is 5.69 Å². The fourth-order valence-corrected chi connectivity index (χ4v) is 1.61. The molecule has 0 saturated carbocycles. The molecule has 3 N–H and O–H groups in total. The molecule has 7 nitrogen and oxygen atoms in total. The summed E-state index contributed by atoms with van der Waals surface area (Å²) in [5.41, 5.74) is 5.34. The second kappa shape index (κ2) is 6.12. The van der Waals surface area contributed by atoms with Crippen molar-refractivity contribution in [2.24, 2.45) is 5.73 Å². The Morgan fingerprint density at radius 1 is 1.47 bits per heavy atom. The minimum atomic E-state index is -1.15. The van der Waals surface area contributed by atoms with Crippen molar-refractivity contribution in [2.75, 3.05) is 18.0 Å². The van der Waals surface area contributed by atoms with E-state index in [0.29, 0.717) is 18.1 Å². The molecule has 0 atom stereocenters. The van der Waals surface area contributed by atoms with Crippen molar-refractivity contribution in [3.63, 3.8) is 0 Å². The summed E-state index contributed by atoms with van der Waals surface area (Å²) in [5.74, 6) is -1.21. The molecule has 0 spiro atoms. The maximum atomic E-state index is 11.3. The zero-order valence-corrected chi connectivity index (χ0v) is 11.3. The molecule has 1 heterocycles. The summed E-state index contributed by atoms with van der Waals surface area (Å²) in [5, 5.41) is 9.22. The third-order valence-corrected chi connectivity index (χ3v) is 2.58. The number of hydrogen-bond donors (Lipinski definition) is 2. The Labute approximate surface area is 111 Å². The highest BCUT2D eigenvalue weighted by atomic mass is 16.4. The van der Waals surface area contributed by atoms with E-state index in [2.05, 4.69) is 9.97 Å². The molecule has 1 amide bonds. The lowest BCUT2D eigenvalue weighted by molar-refractivity contribution is -0.116. The molecule has 0 bridgehead atoms. The van der Waals surface area contributed by atoms with Crippen LogP contribution in [0.5, 0.6) is 0 Å². The van der Waals surface area contributed by atoms with Crippen LogP contribution in [0.15, 0.2) is 6.20 Å². The number of rotatable bonds is 6. The molecule has 1 rings (SSSR count). The number of likely N-dealkylation sites (N-methyl/N-ethyl adjacent to an activating group) is 1. The highest BCUT2D eigenvalue weighted by Crippen LogP contribution is 2.20. The van der Waals surface area contributed by atoms with Crippen LogP contribution in [0.3, 0.4) is 0 Å². The standard InChI is InChI=1S/C12H18N4O3/c1-4-16(6-9(13)17)8-5-14-11(7(2)3)15-10(8)12(18)19/h5,7H,4,6H2,1-3H3,(H2,13,17)(H,18,19). The zero-order chi connectivity index (χ0) is 14.6. The van der Waals surface area contributed by atoms with E-state index in [1.807, 2.05) is 13.8 Å². The van der Waals surface area contributed by atoms with Crippen molar-refractivity contribution in [1.29, 1.82) is 0 Å². The van der Waals surface area contributed by atoms with Gasteiger partial charge in [0, 0.05) is 12.5 Å². The van der Waals surface area contributed by atoms with Gasteiger partial charge in [0.25, 0.3) is 0 Å². The van der Waals surface area contributed by atoms with Gasteiger partial charge in [-0.3, -0.25) is 4.79 Å².